The summed E-state index contributed by atoms with van der Waals surface area (Å²) >= 11 is 0. The number of fused-ring (bicyclic) bond motifs is 1. The third kappa shape index (κ3) is 2.46. The van der Waals surface area contributed by atoms with Crippen molar-refractivity contribution in [3.05, 3.63) is 41.6 Å². The number of aromatic nitrogens is 1. The summed E-state index contributed by atoms with van der Waals surface area (Å²) in [5, 5.41) is 10.3. The van der Waals surface area contributed by atoms with Crippen LogP contribution in [0.4, 0.5) is 0 Å². The monoisotopic (exact) mass is 311 g/mol. The van der Waals surface area contributed by atoms with E-state index in [2.05, 4.69) is 9.98 Å². The quantitative estimate of drug-likeness (QED) is 0.941. The minimum atomic E-state index is -1.09. The number of likely N-dealkylation sites (N-methyl/N-ethyl adjacent to an activating group) is 1. The van der Waals surface area contributed by atoms with E-state index < -0.39 is 12.0 Å². The molecule has 1 atom stereocenters. The number of aliphatic imine (C=N–C) groups is 1. The maximum Gasteiger partial charge on any atom is 0.338 e. The van der Waals surface area contributed by atoms with Gasteiger partial charge in [0.1, 0.15) is 11.7 Å². The lowest BCUT2D eigenvalue weighted by Crippen LogP contribution is -2.34. The van der Waals surface area contributed by atoms with Gasteiger partial charge in [-0.1, -0.05) is 32.0 Å². The lowest BCUT2D eigenvalue weighted by Gasteiger charge is -2.15. The van der Waals surface area contributed by atoms with Crippen molar-refractivity contribution in [1.29, 1.82) is 0 Å². The zero-order chi connectivity index (χ0) is 16.7. The molecule has 1 amide bonds. The second-order valence-electron chi connectivity index (χ2n) is 5.92. The highest BCUT2D eigenvalue weighted by molar-refractivity contribution is 6.16. The number of aromatic carboxylic acids is 1. The molecule has 6 heteroatoms. The fourth-order valence-electron chi connectivity index (χ4n) is 2.68. The summed E-state index contributed by atoms with van der Waals surface area (Å²) in [6.07, 6.45) is 0. The first-order valence-corrected chi connectivity index (χ1v) is 7.39. The number of carboxylic acid groups (broad SMARTS) is 1. The first kappa shape index (κ1) is 15.1. The minimum Gasteiger partial charge on any atom is -0.478 e. The molecule has 0 aliphatic carbocycles. The summed E-state index contributed by atoms with van der Waals surface area (Å²) in [4.78, 5) is 34.2. The number of hydrogen-bond donors (Lipinski definition) is 1. The molecule has 1 aliphatic heterocycles. The average molecular weight is 311 g/mol. The van der Waals surface area contributed by atoms with Gasteiger partial charge in [0.15, 0.2) is 5.84 Å². The molecule has 0 saturated heterocycles. The van der Waals surface area contributed by atoms with Crippen LogP contribution < -0.4 is 0 Å². The van der Waals surface area contributed by atoms with E-state index in [1.165, 1.54) is 4.90 Å². The molecule has 1 N–H and O–H groups in total. The Bertz CT molecular complexity index is 842. The van der Waals surface area contributed by atoms with Gasteiger partial charge >= 0.3 is 5.97 Å². The average Bonchev–Trinajstić information content (AvgIpc) is 2.82. The Hall–Kier alpha value is -2.76. The molecule has 0 saturated carbocycles. The smallest absolute Gasteiger partial charge is 0.338 e. The van der Waals surface area contributed by atoms with E-state index in [4.69, 9.17) is 0 Å². The zero-order valence-corrected chi connectivity index (χ0v) is 13.1. The van der Waals surface area contributed by atoms with Crippen LogP contribution in [0, 0.1) is 5.92 Å². The molecule has 0 radical (unpaired) electrons. The number of pyridine rings is 1. The van der Waals surface area contributed by atoms with E-state index in [1.807, 2.05) is 32.0 Å². The molecule has 1 aromatic heterocycles. The normalized spacial score (nSPS) is 17.9. The van der Waals surface area contributed by atoms with Crippen LogP contribution in [0.3, 0.4) is 0 Å². The molecule has 0 spiro atoms. The highest BCUT2D eigenvalue weighted by Gasteiger charge is 2.36. The van der Waals surface area contributed by atoms with Crippen LogP contribution >= 0.6 is 0 Å². The van der Waals surface area contributed by atoms with Gasteiger partial charge in [-0.2, -0.15) is 0 Å². The number of carboxylic acids is 1. The van der Waals surface area contributed by atoms with Gasteiger partial charge < -0.3 is 5.11 Å². The van der Waals surface area contributed by atoms with Crippen molar-refractivity contribution in [2.24, 2.45) is 10.9 Å². The topological polar surface area (TPSA) is 82.9 Å². The van der Waals surface area contributed by atoms with Gasteiger partial charge in [0.25, 0.3) is 5.91 Å². The molecular weight excluding hydrogens is 294 g/mol. The Morgan fingerprint density at radius 1 is 1.30 bits per heavy atom. The van der Waals surface area contributed by atoms with E-state index >= 15 is 0 Å². The number of carbonyl (C=O) groups excluding carboxylic acids is 1. The second-order valence-corrected chi connectivity index (χ2v) is 5.92. The fourth-order valence-corrected chi connectivity index (χ4v) is 2.68. The second kappa shape index (κ2) is 5.46. The molecule has 3 rings (SSSR count). The Morgan fingerprint density at radius 2 is 2.00 bits per heavy atom. The summed E-state index contributed by atoms with van der Waals surface area (Å²) in [5.74, 6) is -0.871. The number of nitrogens with zero attached hydrogens (tertiary/aromatic N) is 3. The van der Waals surface area contributed by atoms with Gasteiger partial charge in [0.2, 0.25) is 0 Å². The lowest BCUT2D eigenvalue weighted by atomic mass is 10.1. The van der Waals surface area contributed by atoms with Crippen molar-refractivity contribution in [2.75, 3.05) is 7.05 Å². The van der Waals surface area contributed by atoms with E-state index in [0.717, 1.165) is 5.39 Å². The third-order valence-electron chi connectivity index (χ3n) is 3.96. The molecule has 0 fully saturated rings. The van der Waals surface area contributed by atoms with Gasteiger partial charge in [-0.3, -0.25) is 14.7 Å². The summed E-state index contributed by atoms with van der Waals surface area (Å²) in [6.45, 7) is 3.82. The number of amides is 1. The Morgan fingerprint density at radius 3 is 2.61 bits per heavy atom. The Balaban J connectivity index is 2.22. The number of benzene rings is 1. The highest BCUT2D eigenvalue weighted by atomic mass is 16.4. The first-order valence-electron chi connectivity index (χ1n) is 7.39. The molecule has 2 aromatic rings. The molecule has 6 nitrogen and oxygen atoms in total. The van der Waals surface area contributed by atoms with Gasteiger partial charge in [0, 0.05) is 12.4 Å². The van der Waals surface area contributed by atoms with Crippen LogP contribution in [0.1, 0.15) is 29.9 Å². The van der Waals surface area contributed by atoms with Crippen LogP contribution in [-0.2, 0) is 4.79 Å². The summed E-state index contributed by atoms with van der Waals surface area (Å²) < 4.78 is 0. The van der Waals surface area contributed by atoms with Gasteiger partial charge in [-0.05, 0) is 18.1 Å². The first-order chi connectivity index (χ1) is 10.9. The van der Waals surface area contributed by atoms with Gasteiger partial charge in [0.05, 0.1) is 11.1 Å². The molecule has 2 heterocycles. The number of carbonyl (C=O) groups is 2. The van der Waals surface area contributed by atoms with Gasteiger partial charge in [-0.15, -0.1) is 0 Å². The molecule has 1 aromatic carbocycles. The van der Waals surface area contributed by atoms with Crippen molar-refractivity contribution < 1.29 is 14.7 Å². The summed E-state index contributed by atoms with van der Waals surface area (Å²) in [5.41, 5.74) is 0.950. The van der Waals surface area contributed by atoms with E-state index in [9.17, 15) is 14.7 Å². The SMILES string of the molecule is CC(C)C1N=C(c2nc3ccccc3cc2C(=O)O)N(C)C1=O. The molecule has 1 aliphatic rings. The number of hydrogen-bond acceptors (Lipinski definition) is 4. The van der Waals surface area contributed by atoms with Crippen LogP contribution in [0.5, 0.6) is 0 Å². The third-order valence-corrected chi connectivity index (χ3v) is 3.96. The minimum absolute atomic E-state index is 0.0381. The van der Waals surface area contributed by atoms with E-state index in [-0.39, 0.29) is 23.1 Å². The zero-order valence-electron chi connectivity index (χ0n) is 13.1. The molecular formula is C17H17N3O3. The predicted octanol–water partition coefficient (Wildman–Crippen LogP) is 2.18. The van der Waals surface area contributed by atoms with E-state index in [1.54, 1.807) is 19.2 Å². The number of para-hydroxylation sites is 1. The van der Waals surface area contributed by atoms with Crippen LogP contribution in [-0.4, -0.2) is 45.8 Å². The molecule has 23 heavy (non-hydrogen) atoms. The predicted molar refractivity (Wildman–Crippen MR) is 86.6 cm³/mol. The van der Waals surface area contributed by atoms with E-state index in [0.29, 0.717) is 11.4 Å². The van der Waals surface area contributed by atoms with Crippen molar-refractivity contribution >= 4 is 28.6 Å². The van der Waals surface area contributed by atoms with Crippen molar-refractivity contribution in [3.8, 4) is 0 Å². The maximum atomic E-state index is 12.3. The van der Waals surface area contributed by atoms with Crippen molar-refractivity contribution in [3.63, 3.8) is 0 Å². The highest BCUT2D eigenvalue weighted by Crippen LogP contribution is 2.24. The largest absolute Gasteiger partial charge is 0.478 e. The van der Waals surface area contributed by atoms with Crippen LogP contribution in [0.25, 0.3) is 10.9 Å². The Labute approximate surface area is 133 Å². The van der Waals surface area contributed by atoms with Crippen LogP contribution in [0.15, 0.2) is 35.3 Å². The fraction of sp³-hybridized carbons (Fsp3) is 0.294. The number of rotatable bonds is 3. The lowest BCUT2D eigenvalue weighted by molar-refractivity contribution is -0.127. The molecule has 0 bridgehead atoms. The molecule has 1 unspecified atom stereocenters. The van der Waals surface area contributed by atoms with Crippen molar-refractivity contribution in [2.45, 2.75) is 19.9 Å². The Kier molecular flexibility index (Phi) is 3.60. The maximum absolute atomic E-state index is 12.3. The van der Waals surface area contributed by atoms with Crippen LogP contribution in [0.2, 0.25) is 0 Å². The summed E-state index contributed by atoms with van der Waals surface area (Å²) in [6, 6.07) is 8.35. The standard InChI is InChI=1S/C17H17N3O3/c1-9(2)13-16(21)20(3)15(19-13)14-11(17(22)23)8-10-6-4-5-7-12(10)18-14/h4-9,13H,1-3H3,(H,22,23). The van der Waals surface area contributed by atoms with Crippen molar-refractivity contribution in [1.82, 2.24) is 9.88 Å². The van der Waals surface area contributed by atoms with Gasteiger partial charge in [-0.25, -0.2) is 9.78 Å². The number of amidine groups is 1. The molecule has 118 valence electrons. The summed E-state index contributed by atoms with van der Waals surface area (Å²) in [7, 11) is 1.60.